The Labute approximate surface area is 317 Å². The van der Waals surface area contributed by atoms with Crippen LogP contribution in [0, 0.1) is 0 Å². The van der Waals surface area contributed by atoms with Gasteiger partial charge in [-0.05, 0) is 41.0 Å². The Morgan fingerprint density at radius 1 is 0.891 bits per heavy atom. The second-order valence-electron chi connectivity index (χ2n) is 13.1. The van der Waals surface area contributed by atoms with Crippen molar-refractivity contribution in [1.29, 1.82) is 0 Å². The lowest BCUT2D eigenvalue weighted by atomic mass is 9.87. The molecule has 1 saturated heterocycles. The summed E-state index contributed by atoms with van der Waals surface area (Å²) in [5.41, 5.74) is 4.78. The average molecular weight is 735 g/mol. The number of rotatable bonds is 13. The number of aromatic nitrogens is 1. The van der Waals surface area contributed by atoms with Gasteiger partial charge in [-0.2, -0.15) is 0 Å². The molecule has 7 rings (SSSR count). The molecule has 0 bridgehead atoms. The molecule has 3 N–H and O–H groups in total. The molecule has 0 saturated carbocycles. The molecule has 1 aromatic heterocycles. The van der Waals surface area contributed by atoms with Crippen molar-refractivity contribution < 1.29 is 33.8 Å². The second-order valence-corrected chi connectivity index (χ2v) is 13.1. The number of aliphatic carboxylic acids is 1. The molecule has 0 spiro atoms. The third-order valence-electron chi connectivity index (χ3n) is 9.70. The van der Waals surface area contributed by atoms with Gasteiger partial charge in [0.15, 0.2) is 6.04 Å². The van der Waals surface area contributed by atoms with Gasteiger partial charge in [0.25, 0.3) is 0 Å². The van der Waals surface area contributed by atoms with Gasteiger partial charge in [0, 0.05) is 40.6 Å². The quantitative estimate of drug-likeness (QED) is 0.104. The number of carbonyl (C=O) groups excluding carboxylic acids is 3. The molecule has 0 unspecified atom stereocenters. The predicted molar refractivity (Wildman–Crippen MR) is 208 cm³/mol. The molecule has 1 fully saturated rings. The second kappa shape index (κ2) is 16.3. The first-order valence-corrected chi connectivity index (χ1v) is 17.8. The lowest BCUT2D eigenvalue weighted by Crippen LogP contribution is -2.38. The number of imide groups is 1. The Bertz CT molecular complexity index is 2360. The number of aliphatic imine (C=N–C) groups is 1. The number of nitrogens with zero attached hydrogens (tertiary/aromatic N) is 2. The molecular formula is C44H38N4O7. The summed E-state index contributed by atoms with van der Waals surface area (Å²) in [7, 11) is 1.52. The number of carboxylic acid groups (broad SMARTS) is 1. The van der Waals surface area contributed by atoms with E-state index in [1.165, 1.54) is 7.11 Å². The third kappa shape index (κ3) is 8.01. The van der Waals surface area contributed by atoms with Gasteiger partial charge in [0.05, 0.1) is 24.9 Å². The molecule has 276 valence electrons. The van der Waals surface area contributed by atoms with Crippen molar-refractivity contribution in [3.8, 4) is 5.75 Å². The topological polar surface area (TPSA) is 150 Å². The maximum Gasteiger partial charge on any atom is 0.417 e. The van der Waals surface area contributed by atoms with E-state index in [0.29, 0.717) is 39.4 Å². The summed E-state index contributed by atoms with van der Waals surface area (Å²) in [5.74, 6) is -2.66. The largest absolute Gasteiger partial charge is 0.497 e. The zero-order valence-electron chi connectivity index (χ0n) is 29.9. The van der Waals surface area contributed by atoms with Crippen molar-refractivity contribution in [3.63, 3.8) is 0 Å². The Morgan fingerprint density at radius 2 is 1.56 bits per heavy atom. The zero-order valence-corrected chi connectivity index (χ0v) is 29.9. The summed E-state index contributed by atoms with van der Waals surface area (Å²) in [6.07, 6.45) is 0.731. The highest BCUT2D eigenvalue weighted by Gasteiger charge is 2.41. The van der Waals surface area contributed by atoms with Crippen LogP contribution in [0.15, 0.2) is 145 Å². The van der Waals surface area contributed by atoms with E-state index < -0.39 is 36.0 Å². The molecule has 3 atom stereocenters. The average Bonchev–Trinajstić information content (AvgIpc) is 3.81. The highest BCUT2D eigenvalue weighted by atomic mass is 16.6. The Morgan fingerprint density at radius 3 is 2.29 bits per heavy atom. The minimum Gasteiger partial charge on any atom is -0.497 e. The molecular weight excluding hydrogens is 697 g/mol. The molecule has 5 aromatic carbocycles. The molecule has 6 aromatic rings. The van der Waals surface area contributed by atoms with Crippen molar-refractivity contribution in [1.82, 2.24) is 9.88 Å². The monoisotopic (exact) mass is 734 g/mol. The summed E-state index contributed by atoms with van der Waals surface area (Å²) < 4.78 is 10.7. The number of H-pyrrole nitrogens is 1. The highest BCUT2D eigenvalue weighted by Crippen LogP contribution is 2.34. The summed E-state index contributed by atoms with van der Waals surface area (Å²) in [4.78, 5) is 63.4. The number of amides is 3. The summed E-state index contributed by atoms with van der Waals surface area (Å²) in [6.45, 7) is -0.0245. The van der Waals surface area contributed by atoms with Crippen LogP contribution in [-0.4, -0.2) is 64.3 Å². The van der Waals surface area contributed by atoms with Crippen molar-refractivity contribution in [3.05, 3.63) is 167 Å². The lowest BCUT2D eigenvalue weighted by molar-refractivity contribution is -0.139. The number of nitrogens with one attached hydrogen (secondary N) is 2. The fourth-order valence-electron chi connectivity index (χ4n) is 6.96. The van der Waals surface area contributed by atoms with Crippen molar-refractivity contribution in [2.45, 2.75) is 30.8 Å². The number of cyclic esters (lactones) is 1. The SMILES string of the molecule is COc1ccc([C@@H](CC(=O)N2C(=O)OC[C@H]2c2ccccc2)[C@H](N=C(c2ccccc2)c2ccccc2NC(=O)Cc2c[nH]c3ccccc23)C(=O)O)cc1. The molecule has 2 heterocycles. The van der Waals surface area contributed by atoms with E-state index in [-0.39, 0.29) is 25.4 Å². The standard InChI is InChI=1S/C44H38N4O7/c1-54-32-22-20-28(21-23-32)35(25-40(50)48-38(27-55-44(48)53)29-12-4-2-5-13-29)42(43(51)52)47-41(30-14-6-3-7-15-30)34-17-9-11-19-37(34)46-39(49)24-31-26-45-36-18-10-8-16-33(31)36/h2-23,26,35,38,42,45H,24-25,27H2,1H3,(H,46,49)(H,51,52)/t35-,38+,42+/m1/s1. The minimum absolute atomic E-state index is 0.0245. The van der Waals surface area contributed by atoms with Crippen molar-refractivity contribution in [2.75, 3.05) is 19.0 Å². The molecule has 3 amide bonds. The Kier molecular flexibility index (Phi) is 10.8. The Balaban J connectivity index is 1.28. The van der Waals surface area contributed by atoms with Crippen LogP contribution in [0.25, 0.3) is 10.9 Å². The fourth-order valence-corrected chi connectivity index (χ4v) is 6.96. The number of carbonyl (C=O) groups is 4. The smallest absolute Gasteiger partial charge is 0.417 e. The number of benzene rings is 5. The van der Waals surface area contributed by atoms with E-state index in [2.05, 4.69) is 10.3 Å². The highest BCUT2D eigenvalue weighted by molar-refractivity contribution is 6.17. The number of carboxylic acids is 1. The van der Waals surface area contributed by atoms with E-state index in [1.807, 2.05) is 66.9 Å². The number of hydrogen-bond acceptors (Lipinski definition) is 7. The summed E-state index contributed by atoms with van der Waals surface area (Å²) >= 11 is 0. The molecule has 1 aliphatic heterocycles. The maximum absolute atomic E-state index is 14.2. The normalized spacial score (nSPS) is 15.3. The third-order valence-corrected chi connectivity index (χ3v) is 9.70. The predicted octanol–water partition coefficient (Wildman–Crippen LogP) is 7.54. The van der Waals surface area contributed by atoms with Crippen LogP contribution in [0.2, 0.25) is 0 Å². The van der Waals surface area contributed by atoms with Crippen LogP contribution < -0.4 is 10.1 Å². The molecule has 11 nitrogen and oxygen atoms in total. The van der Waals surface area contributed by atoms with Crippen LogP contribution in [0.3, 0.4) is 0 Å². The molecule has 55 heavy (non-hydrogen) atoms. The molecule has 1 aliphatic rings. The first kappa shape index (κ1) is 36.4. The number of aromatic amines is 1. The van der Waals surface area contributed by atoms with Gasteiger partial charge in [-0.1, -0.05) is 109 Å². The van der Waals surface area contributed by atoms with Crippen molar-refractivity contribution >= 4 is 46.2 Å². The van der Waals surface area contributed by atoms with Crippen LogP contribution in [0.1, 0.15) is 46.2 Å². The van der Waals surface area contributed by atoms with Crippen LogP contribution >= 0.6 is 0 Å². The molecule has 11 heteroatoms. The van der Waals surface area contributed by atoms with Gasteiger partial charge >= 0.3 is 12.1 Å². The fraction of sp³-hybridized carbons (Fsp3) is 0.159. The van der Waals surface area contributed by atoms with E-state index in [9.17, 15) is 24.3 Å². The summed E-state index contributed by atoms with van der Waals surface area (Å²) in [5, 5.41) is 14.9. The number of para-hydroxylation sites is 2. The number of methoxy groups -OCH3 is 1. The van der Waals surface area contributed by atoms with Gasteiger partial charge < -0.3 is 24.9 Å². The number of ether oxygens (including phenoxy) is 2. The molecule has 0 aliphatic carbocycles. The summed E-state index contributed by atoms with van der Waals surface area (Å²) in [6, 6.07) is 37.5. The van der Waals surface area contributed by atoms with E-state index in [0.717, 1.165) is 21.4 Å². The zero-order chi connectivity index (χ0) is 38.3. The Hall–Kier alpha value is -7.01. The number of anilines is 1. The number of hydrogen-bond donors (Lipinski definition) is 3. The van der Waals surface area contributed by atoms with Gasteiger partial charge in [-0.25, -0.2) is 14.5 Å². The maximum atomic E-state index is 14.2. The first-order valence-electron chi connectivity index (χ1n) is 17.8. The van der Waals surface area contributed by atoms with E-state index in [1.54, 1.807) is 72.8 Å². The van der Waals surface area contributed by atoms with Gasteiger partial charge in [-0.15, -0.1) is 0 Å². The van der Waals surface area contributed by atoms with E-state index >= 15 is 0 Å². The first-order chi connectivity index (χ1) is 26.8. The van der Waals surface area contributed by atoms with Crippen LogP contribution in [-0.2, 0) is 25.5 Å². The van der Waals surface area contributed by atoms with E-state index in [4.69, 9.17) is 14.5 Å². The lowest BCUT2D eigenvalue weighted by Gasteiger charge is -2.26. The van der Waals surface area contributed by atoms with Gasteiger partial charge in [0.1, 0.15) is 18.4 Å². The minimum atomic E-state index is -1.52. The number of fused-ring (bicyclic) bond motifs is 1. The van der Waals surface area contributed by atoms with Crippen LogP contribution in [0.5, 0.6) is 5.75 Å². The van der Waals surface area contributed by atoms with Crippen LogP contribution in [0.4, 0.5) is 10.5 Å². The molecule has 0 radical (unpaired) electrons. The van der Waals surface area contributed by atoms with Gasteiger partial charge in [0.2, 0.25) is 11.8 Å². The van der Waals surface area contributed by atoms with Crippen molar-refractivity contribution in [2.24, 2.45) is 4.99 Å². The van der Waals surface area contributed by atoms with Gasteiger partial charge in [-0.3, -0.25) is 14.6 Å².